The molecule has 0 aromatic heterocycles. The van der Waals surface area contributed by atoms with Gasteiger partial charge >= 0.3 is 19.8 Å². The Bertz CT molecular complexity index is 950. The van der Waals surface area contributed by atoms with Gasteiger partial charge in [0, 0.05) is 12.8 Å². The molecule has 0 radical (unpaired) electrons. The van der Waals surface area contributed by atoms with Crippen LogP contribution in [0.3, 0.4) is 0 Å². The molecule has 3 atom stereocenters. The van der Waals surface area contributed by atoms with Crippen LogP contribution in [0, 0.1) is 5.92 Å². The number of phosphoric acid groups is 1. The maximum Gasteiger partial charge on any atom is 0.469 e. The molecule has 0 aromatic rings. The second-order valence-electron chi connectivity index (χ2n) is 15.9. The van der Waals surface area contributed by atoms with Crippen LogP contribution in [0.5, 0.6) is 0 Å². The SMILES string of the molecule is CCCCC/C=C\CC1OC1CCCCCCCC(=O)O[C@H](COC(=O)CCCCCCCCCCCCCCCCCCC(C)C)COP(=O)(O)O. The van der Waals surface area contributed by atoms with Gasteiger partial charge in [0.05, 0.1) is 18.8 Å². The van der Waals surface area contributed by atoms with Crippen LogP contribution < -0.4 is 0 Å². The molecule has 0 aliphatic carbocycles. The van der Waals surface area contributed by atoms with E-state index in [2.05, 4.69) is 37.4 Å². The summed E-state index contributed by atoms with van der Waals surface area (Å²) in [6.45, 7) is 6.01. The zero-order chi connectivity index (χ0) is 38.8. The highest BCUT2D eigenvalue weighted by atomic mass is 31.2. The van der Waals surface area contributed by atoms with E-state index in [1.807, 2.05) is 0 Å². The average Bonchev–Trinajstić information content (AvgIpc) is 3.87. The number of carbonyl (C=O) groups excluding carboxylic acids is 2. The Hall–Kier alpha value is -1.25. The number of esters is 2. The molecular formula is C43H81O9P. The number of hydrogen-bond donors (Lipinski definition) is 2. The highest BCUT2D eigenvalue weighted by molar-refractivity contribution is 7.46. The number of rotatable bonds is 39. The fourth-order valence-corrected chi connectivity index (χ4v) is 7.10. The molecule has 53 heavy (non-hydrogen) atoms. The summed E-state index contributed by atoms with van der Waals surface area (Å²) in [5.41, 5.74) is 0. The minimum absolute atomic E-state index is 0.192. The average molecular weight is 773 g/mol. The van der Waals surface area contributed by atoms with Crippen molar-refractivity contribution in [3.8, 4) is 0 Å². The first-order chi connectivity index (χ1) is 25.6. The van der Waals surface area contributed by atoms with Gasteiger partial charge in [-0.3, -0.25) is 14.1 Å². The summed E-state index contributed by atoms with van der Waals surface area (Å²) in [6.07, 6.45) is 38.1. The molecule has 0 amide bonds. The van der Waals surface area contributed by atoms with E-state index in [1.165, 1.54) is 109 Å². The maximum absolute atomic E-state index is 12.4. The molecule has 0 bridgehead atoms. The van der Waals surface area contributed by atoms with Crippen molar-refractivity contribution in [2.45, 2.75) is 232 Å². The third-order valence-electron chi connectivity index (χ3n) is 10.1. The van der Waals surface area contributed by atoms with E-state index in [1.54, 1.807) is 0 Å². The van der Waals surface area contributed by atoms with Crippen LogP contribution in [0.25, 0.3) is 0 Å². The first-order valence-corrected chi connectivity index (χ1v) is 23.5. The number of hydrogen-bond acceptors (Lipinski definition) is 7. The molecule has 10 heteroatoms. The van der Waals surface area contributed by atoms with E-state index >= 15 is 0 Å². The quantitative estimate of drug-likeness (QED) is 0.0206. The summed E-state index contributed by atoms with van der Waals surface area (Å²) >= 11 is 0. The number of allylic oxidation sites excluding steroid dienone is 1. The maximum atomic E-state index is 12.4. The van der Waals surface area contributed by atoms with Crippen molar-refractivity contribution in [1.82, 2.24) is 0 Å². The van der Waals surface area contributed by atoms with E-state index < -0.39 is 32.5 Å². The highest BCUT2D eigenvalue weighted by Crippen LogP contribution is 2.36. The molecule has 1 fully saturated rings. The fourth-order valence-electron chi connectivity index (χ4n) is 6.74. The van der Waals surface area contributed by atoms with Gasteiger partial charge in [-0.1, -0.05) is 174 Å². The highest BCUT2D eigenvalue weighted by Gasteiger charge is 2.36. The Morgan fingerprint density at radius 2 is 1.15 bits per heavy atom. The van der Waals surface area contributed by atoms with Gasteiger partial charge in [0.2, 0.25) is 0 Å². The lowest BCUT2D eigenvalue weighted by atomic mass is 10.0. The minimum atomic E-state index is -4.76. The Kier molecular flexibility index (Phi) is 32.0. The molecule has 1 saturated heterocycles. The Morgan fingerprint density at radius 1 is 0.642 bits per heavy atom. The van der Waals surface area contributed by atoms with Gasteiger partial charge in [0.1, 0.15) is 6.61 Å². The van der Waals surface area contributed by atoms with Crippen molar-refractivity contribution in [3.05, 3.63) is 12.2 Å². The van der Waals surface area contributed by atoms with Crippen LogP contribution in [0.15, 0.2) is 12.2 Å². The van der Waals surface area contributed by atoms with Gasteiger partial charge in [0.15, 0.2) is 6.10 Å². The molecular weight excluding hydrogens is 691 g/mol. The summed E-state index contributed by atoms with van der Waals surface area (Å²) < 4.78 is 32.2. The van der Waals surface area contributed by atoms with Crippen molar-refractivity contribution >= 4 is 19.8 Å². The molecule has 1 rings (SSSR count). The van der Waals surface area contributed by atoms with Crippen molar-refractivity contribution in [1.29, 1.82) is 0 Å². The molecule has 0 aromatic carbocycles. The van der Waals surface area contributed by atoms with Crippen molar-refractivity contribution in [3.63, 3.8) is 0 Å². The van der Waals surface area contributed by atoms with Gasteiger partial charge in [-0.05, 0) is 44.4 Å². The largest absolute Gasteiger partial charge is 0.469 e. The van der Waals surface area contributed by atoms with Crippen LogP contribution in [-0.4, -0.2) is 53.3 Å². The fraction of sp³-hybridized carbons (Fsp3) is 0.907. The lowest BCUT2D eigenvalue weighted by molar-refractivity contribution is -0.161. The number of unbranched alkanes of at least 4 members (excludes halogenated alkanes) is 22. The first kappa shape index (κ1) is 49.8. The Labute approximate surface area is 324 Å². The van der Waals surface area contributed by atoms with E-state index in [0.717, 1.165) is 70.1 Å². The summed E-state index contributed by atoms with van der Waals surface area (Å²) in [4.78, 5) is 42.9. The van der Waals surface area contributed by atoms with Gasteiger partial charge in [0.25, 0.3) is 0 Å². The van der Waals surface area contributed by atoms with E-state index in [0.29, 0.717) is 18.6 Å². The summed E-state index contributed by atoms with van der Waals surface area (Å²) in [5.74, 6) is -0.0568. The van der Waals surface area contributed by atoms with Crippen molar-refractivity contribution in [2.75, 3.05) is 13.2 Å². The van der Waals surface area contributed by atoms with Gasteiger partial charge in [-0.15, -0.1) is 0 Å². The minimum Gasteiger partial charge on any atom is -0.462 e. The first-order valence-electron chi connectivity index (χ1n) is 22.0. The second kappa shape index (κ2) is 34.0. The third kappa shape index (κ3) is 34.9. The normalized spacial score (nSPS) is 16.4. The molecule has 312 valence electrons. The van der Waals surface area contributed by atoms with Gasteiger partial charge in [-0.25, -0.2) is 4.57 Å². The number of carbonyl (C=O) groups is 2. The van der Waals surface area contributed by atoms with Crippen LogP contribution in [0.4, 0.5) is 0 Å². The number of phosphoric ester groups is 1. The second-order valence-corrected chi connectivity index (χ2v) is 17.1. The lowest BCUT2D eigenvalue weighted by Gasteiger charge is -2.18. The van der Waals surface area contributed by atoms with Gasteiger partial charge < -0.3 is 24.0 Å². The number of epoxide rings is 1. The van der Waals surface area contributed by atoms with Crippen LogP contribution in [-0.2, 0) is 32.9 Å². The monoisotopic (exact) mass is 773 g/mol. The zero-order valence-electron chi connectivity index (χ0n) is 34.3. The molecule has 2 N–H and O–H groups in total. The lowest BCUT2D eigenvalue weighted by Crippen LogP contribution is -2.29. The summed E-state index contributed by atoms with van der Waals surface area (Å²) in [6, 6.07) is 0. The molecule has 0 saturated carbocycles. The Balaban J connectivity index is 2.03. The topological polar surface area (TPSA) is 132 Å². The van der Waals surface area contributed by atoms with Crippen LogP contribution in [0.2, 0.25) is 0 Å². The van der Waals surface area contributed by atoms with E-state index in [-0.39, 0.29) is 19.4 Å². The third-order valence-corrected chi connectivity index (χ3v) is 10.6. The summed E-state index contributed by atoms with van der Waals surface area (Å²) in [7, 11) is -4.76. The van der Waals surface area contributed by atoms with Crippen molar-refractivity contribution in [2.24, 2.45) is 5.92 Å². The smallest absolute Gasteiger partial charge is 0.462 e. The van der Waals surface area contributed by atoms with E-state index in [4.69, 9.17) is 24.0 Å². The Morgan fingerprint density at radius 3 is 1.68 bits per heavy atom. The predicted octanol–water partition coefficient (Wildman–Crippen LogP) is 12.3. The van der Waals surface area contributed by atoms with E-state index in [9.17, 15) is 14.2 Å². The van der Waals surface area contributed by atoms with Crippen molar-refractivity contribution < 1.29 is 42.7 Å². The number of ether oxygens (including phenoxy) is 3. The molecule has 1 heterocycles. The molecule has 1 aliphatic heterocycles. The zero-order valence-corrected chi connectivity index (χ0v) is 35.2. The van der Waals surface area contributed by atoms with Crippen LogP contribution >= 0.6 is 7.82 Å². The molecule has 0 spiro atoms. The summed E-state index contributed by atoms with van der Waals surface area (Å²) in [5, 5.41) is 0. The predicted molar refractivity (Wildman–Crippen MR) is 216 cm³/mol. The van der Waals surface area contributed by atoms with Gasteiger partial charge in [-0.2, -0.15) is 0 Å². The molecule has 2 unspecified atom stereocenters. The van der Waals surface area contributed by atoms with Crippen LogP contribution in [0.1, 0.15) is 213 Å². The standard InChI is InChI=1S/C43H81O9P/c1-4-5-6-7-22-27-32-40-41(52-40)33-28-23-20-25-30-35-43(45)51-39(37-50-53(46,47)48)36-49-42(44)34-29-24-19-17-15-13-11-9-8-10-12-14-16-18-21-26-31-38(2)3/h22,27,38-41H,4-21,23-26,28-37H2,1-3H3,(H2,46,47,48)/b27-22-/t39-,40?,41?/m1/s1. The molecule has 9 nitrogen and oxygen atoms in total. The molecule has 1 aliphatic rings.